The molecule has 1 saturated carbocycles. The van der Waals surface area contributed by atoms with Crippen molar-refractivity contribution >= 4 is 0 Å². The highest BCUT2D eigenvalue weighted by molar-refractivity contribution is 5.20. The molecular formula is C30H60. The Morgan fingerprint density at radius 3 is 1.63 bits per heavy atom. The zero-order valence-corrected chi connectivity index (χ0v) is 23.9. The van der Waals surface area contributed by atoms with Crippen LogP contribution in [-0.2, 0) is 0 Å². The van der Waals surface area contributed by atoms with E-state index in [4.69, 9.17) is 0 Å². The van der Waals surface area contributed by atoms with E-state index in [0.29, 0.717) is 33.5 Å². The van der Waals surface area contributed by atoms with E-state index in [1.807, 2.05) is 0 Å². The molecule has 0 bridgehead atoms. The zero-order chi connectivity index (χ0) is 23.9. The van der Waals surface area contributed by atoms with E-state index < -0.39 is 0 Å². The van der Waals surface area contributed by atoms with Crippen molar-refractivity contribution in [1.82, 2.24) is 0 Å². The van der Waals surface area contributed by atoms with Crippen molar-refractivity contribution in [2.45, 2.75) is 130 Å². The second kappa shape index (κ2) is 9.47. The molecule has 0 heteroatoms. The molecule has 0 radical (unpaired) electrons. The molecule has 0 N–H and O–H groups in total. The summed E-state index contributed by atoms with van der Waals surface area (Å²) >= 11 is 0. The van der Waals surface area contributed by atoms with E-state index in [0.717, 1.165) is 29.6 Å². The Hall–Kier alpha value is 0. The minimum Gasteiger partial charge on any atom is -0.0651 e. The molecule has 0 aromatic heterocycles. The van der Waals surface area contributed by atoms with Gasteiger partial charge < -0.3 is 0 Å². The van der Waals surface area contributed by atoms with Gasteiger partial charge in [0.1, 0.15) is 0 Å². The van der Waals surface area contributed by atoms with Gasteiger partial charge in [0.15, 0.2) is 0 Å². The lowest BCUT2D eigenvalue weighted by atomic mass is 9.41. The van der Waals surface area contributed by atoms with Gasteiger partial charge in [-0.3, -0.25) is 0 Å². The van der Waals surface area contributed by atoms with Gasteiger partial charge in [-0.1, -0.05) is 117 Å². The monoisotopic (exact) mass is 420 g/mol. The van der Waals surface area contributed by atoms with Crippen molar-refractivity contribution in [3.8, 4) is 0 Å². The quantitative estimate of drug-likeness (QED) is 0.329. The van der Waals surface area contributed by atoms with Gasteiger partial charge in [0.05, 0.1) is 0 Å². The smallest absolute Gasteiger partial charge is 0.0175 e. The van der Waals surface area contributed by atoms with Crippen LogP contribution in [-0.4, -0.2) is 0 Å². The molecule has 180 valence electrons. The predicted molar refractivity (Wildman–Crippen MR) is 138 cm³/mol. The normalized spacial score (nSPS) is 35.8. The maximum Gasteiger partial charge on any atom is -0.0175 e. The third-order valence-electron chi connectivity index (χ3n) is 12.3. The maximum absolute atomic E-state index is 2.74. The summed E-state index contributed by atoms with van der Waals surface area (Å²) in [5.41, 5.74) is 1.29. The molecule has 1 fully saturated rings. The highest BCUT2D eigenvalue weighted by atomic mass is 14.8. The molecule has 0 aliphatic heterocycles. The Balaban J connectivity index is 3.69. The van der Waals surface area contributed by atoms with Crippen LogP contribution in [0.4, 0.5) is 0 Å². The van der Waals surface area contributed by atoms with Crippen molar-refractivity contribution in [2.75, 3.05) is 0 Å². The van der Waals surface area contributed by atoms with Crippen LogP contribution in [0.3, 0.4) is 0 Å². The third kappa shape index (κ3) is 3.73. The highest BCUT2D eigenvalue weighted by Gasteiger charge is 2.73. The first kappa shape index (κ1) is 28.0. The average Bonchev–Trinajstić information content (AvgIpc) is 2.78. The fourth-order valence-corrected chi connectivity index (χ4v) is 9.21. The maximum atomic E-state index is 2.74. The Morgan fingerprint density at radius 1 is 0.833 bits per heavy atom. The lowest BCUT2D eigenvalue weighted by molar-refractivity contribution is -0.151. The molecule has 0 aromatic rings. The third-order valence-corrected chi connectivity index (χ3v) is 12.3. The van der Waals surface area contributed by atoms with Gasteiger partial charge >= 0.3 is 0 Å². The molecule has 1 aliphatic rings. The summed E-state index contributed by atoms with van der Waals surface area (Å²) in [6.45, 7) is 38.4. The van der Waals surface area contributed by atoms with Gasteiger partial charge in [-0.2, -0.15) is 0 Å². The van der Waals surface area contributed by atoms with Crippen molar-refractivity contribution < 1.29 is 0 Å². The van der Waals surface area contributed by atoms with Gasteiger partial charge in [-0.05, 0) is 75.9 Å². The summed E-state index contributed by atoms with van der Waals surface area (Å²) in [6.07, 6.45) is 5.32. The summed E-state index contributed by atoms with van der Waals surface area (Å²) in [4.78, 5) is 0. The molecule has 0 spiro atoms. The topological polar surface area (TPSA) is 0 Å². The average molecular weight is 421 g/mol. The Labute approximate surface area is 192 Å². The molecule has 7 atom stereocenters. The molecule has 0 nitrogen and oxygen atoms in total. The van der Waals surface area contributed by atoms with Crippen molar-refractivity contribution in [3.05, 3.63) is 0 Å². The van der Waals surface area contributed by atoms with Gasteiger partial charge in [-0.25, -0.2) is 0 Å². The van der Waals surface area contributed by atoms with E-state index in [-0.39, 0.29) is 0 Å². The summed E-state index contributed by atoms with van der Waals surface area (Å²) in [5, 5.41) is 0. The Kier molecular flexibility index (Phi) is 8.85. The lowest BCUT2D eigenvalue weighted by Gasteiger charge is -2.63. The number of rotatable bonds is 10. The van der Waals surface area contributed by atoms with Crippen LogP contribution in [0.2, 0.25) is 0 Å². The molecule has 0 saturated heterocycles. The van der Waals surface area contributed by atoms with Crippen molar-refractivity contribution in [3.63, 3.8) is 0 Å². The van der Waals surface area contributed by atoms with E-state index in [9.17, 15) is 0 Å². The highest BCUT2D eigenvalue weighted by Crippen LogP contribution is 2.78. The second-order valence-electron chi connectivity index (χ2n) is 13.3. The summed E-state index contributed by atoms with van der Waals surface area (Å²) in [7, 11) is 0. The molecule has 0 heterocycles. The molecular weight excluding hydrogens is 360 g/mol. The zero-order valence-electron chi connectivity index (χ0n) is 23.9. The first-order valence-electron chi connectivity index (χ1n) is 13.6. The van der Waals surface area contributed by atoms with Crippen LogP contribution in [0.1, 0.15) is 130 Å². The number of hydrogen-bond donors (Lipinski definition) is 0. The van der Waals surface area contributed by atoms with E-state index in [1.165, 1.54) is 25.7 Å². The van der Waals surface area contributed by atoms with E-state index in [2.05, 4.69) is 104 Å². The van der Waals surface area contributed by atoms with Crippen LogP contribution in [0.5, 0.6) is 0 Å². The van der Waals surface area contributed by atoms with Crippen molar-refractivity contribution in [2.24, 2.45) is 63.1 Å². The van der Waals surface area contributed by atoms with Crippen LogP contribution in [0, 0.1) is 63.1 Å². The lowest BCUT2D eigenvalue weighted by Crippen LogP contribution is -2.57. The van der Waals surface area contributed by atoms with Gasteiger partial charge in [0.25, 0.3) is 0 Å². The summed E-state index contributed by atoms with van der Waals surface area (Å²) < 4.78 is 0. The second-order valence-corrected chi connectivity index (χ2v) is 13.3. The molecule has 1 rings (SSSR count). The van der Waals surface area contributed by atoms with E-state index >= 15 is 0 Å². The first-order valence-corrected chi connectivity index (χ1v) is 13.6. The summed E-state index contributed by atoms with van der Waals surface area (Å²) in [5.74, 6) is 5.35. The molecule has 30 heavy (non-hydrogen) atoms. The Morgan fingerprint density at radius 2 is 1.30 bits per heavy atom. The molecule has 1 aliphatic carbocycles. The standard InChI is InChI=1S/C30H60/c1-16-25(17-2)22(8)19-23(9)26-24(10)27(11,12)29(14,21(6)7)30(26,15)28(13,18-3)20(4)5/h20-26H,16-19H2,1-15H3. The number of hydrogen-bond acceptors (Lipinski definition) is 0. The summed E-state index contributed by atoms with van der Waals surface area (Å²) in [6, 6.07) is 0. The minimum atomic E-state index is 0.311. The Bertz CT molecular complexity index is 538. The largest absolute Gasteiger partial charge is 0.0651 e. The fraction of sp³-hybridized carbons (Fsp3) is 1.00. The minimum absolute atomic E-state index is 0.311. The first-order chi connectivity index (χ1) is 13.6. The predicted octanol–water partition coefficient (Wildman–Crippen LogP) is 10.1. The van der Waals surface area contributed by atoms with Crippen LogP contribution in [0.25, 0.3) is 0 Å². The molecule has 0 amide bonds. The van der Waals surface area contributed by atoms with E-state index in [1.54, 1.807) is 0 Å². The van der Waals surface area contributed by atoms with Gasteiger partial charge in [-0.15, -0.1) is 0 Å². The van der Waals surface area contributed by atoms with Crippen LogP contribution in [0.15, 0.2) is 0 Å². The SMILES string of the molecule is CCC(CC)C(C)CC(C)C1C(C)C(C)(C)C(C)(C(C)C)C1(C)C(C)(CC)C(C)C. The molecule has 7 unspecified atom stereocenters. The van der Waals surface area contributed by atoms with Gasteiger partial charge in [0.2, 0.25) is 0 Å². The van der Waals surface area contributed by atoms with Crippen LogP contribution >= 0.6 is 0 Å². The van der Waals surface area contributed by atoms with Crippen LogP contribution < -0.4 is 0 Å². The fourth-order valence-electron chi connectivity index (χ4n) is 9.21. The molecule has 0 aromatic carbocycles. The van der Waals surface area contributed by atoms with Crippen molar-refractivity contribution in [1.29, 1.82) is 0 Å². The van der Waals surface area contributed by atoms with Gasteiger partial charge in [0, 0.05) is 0 Å².